The second-order valence-electron chi connectivity index (χ2n) is 4.57. The SMILES string of the molecule is O=[C]C(=NO)c1ccc(OCCC(NC(=O)C(F)(F)F)C(=O)O)cc1. The van der Waals surface area contributed by atoms with E-state index in [1.165, 1.54) is 35.9 Å². The number of oxime groups is 1. The molecule has 0 aliphatic carbocycles. The van der Waals surface area contributed by atoms with Crippen molar-refractivity contribution >= 4 is 23.9 Å². The Hall–Kier alpha value is -3.11. The zero-order valence-corrected chi connectivity index (χ0v) is 12.4. The summed E-state index contributed by atoms with van der Waals surface area (Å²) in [7, 11) is 0. The molecule has 1 rings (SSSR count). The highest BCUT2D eigenvalue weighted by molar-refractivity contribution is 6.36. The molecule has 1 unspecified atom stereocenters. The van der Waals surface area contributed by atoms with Crippen LogP contribution in [-0.4, -0.2) is 53.0 Å². The first kappa shape index (κ1) is 19.9. The summed E-state index contributed by atoms with van der Waals surface area (Å²) in [5.74, 6) is -3.77. The van der Waals surface area contributed by atoms with Crippen LogP contribution in [-0.2, 0) is 14.4 Å². The zero-order valence-electron chi connectivity index (χ0n) is 12.4. The molecule has 1 radical (unpaired) electrons. The molecule has 11 heteroatoms. The van der Waals surface area contributed by atoms with E-state index in [9.17, 15) is 27.6 Å². The average molecular weight is 361 g/mol. The molecule has 135 valence electrons. The van der Waals surface area contributed by atoms with Crippen molar-refractivity contribution in [3.8, 4) is 5.75 Å². The normalized spacial score (nSPS) is 13.0. The molecular weight excluding hydrogens is 349 g/mol. The van der Waals surface area contributed by atoms with Crippen LogP contribution in [0.1, 0.15) is 12.0 Å². The highest BCUT2D eigenvalue weighted by atomic mass is 19.4. The van der Waals surface area contributed by atoms with Crippen LogP contribution >= 0.6 is 0 Å². The van der Waals surface area contributed by atoms with Crippen molar-refractivity contribution in [3.63, 3.8) is 0 Å². The van der Waals surface area contributed by atoms with Crippen LogP contribution in [0.15, 0.2) is 29.4 Å². The highest BCUT2D eigenvalue weighted by Crippen LogP contribution is 2.16. The average Bonchev–Trinajstić information content (AvgIpc) is 2.55. The number of hydrogen-bond donors (Lipinski definition) is 3. The third kappa shape index (κ3) is 6.12. The minimum Gasteiger partial charge on any atom is -0.494 e. The first-order valence-electron chi connectivity index (χ1n) is 6.63. The molecule has 1 aromatic carbocycles. The van der Waals surface area contributed by atoms with Gasteiger partial charge in [0.2, 0.25) is 0 Å². The lowest BCUT2D eigenvalue weighted by atomic mass is 10.1. The van der Waals surface area contributed by atoms with Crippen LogP contribution in [0.4, 0.5) is 13.2 Å². The van der Waals surface area contributed by atoms with E-state index >= 15 is 0 Å². The number of benzene rings is 1. The van der Waals surface area contributed by atoms with Crippen molar-refractivity contribution in [1.82, 2.24) is 5.32 Å². The van der Waals surface area contributed by atoms with Gasteiger partial charge in [-0.3, -0.25) is 9.59 Å². The van der Waals surface area contributed by atoms with Gasteiger partial charge in [-0.2, -0.15) is 13.2 Å². The van der Waals surface area contributed by atoms with E-state index < -0.39 is 30.5 Å². The molecule has 0 aromatic heterocycles. The Labute approximate surface area is 138 Å². The Morgan fingerprint density at radius 1 is 1.28 bits per heavy atom. The Balaban J connectivity index is 2.60. The number of halogens is 3. The van der Waals surface area contributed by atoms with Crippen LogP contribution in [0.2, 0.25) is 0 Å². The number of hydrogen-bond acceptors (Lipinski definition) is 6. The van der Waals surface area contributed by atoms with Crippen LogP contribution < -0.4 is 10.1 Å². The molecule has 0 heterocycles. The first-order chi connectivity index (χ1) is 11.7. The van der Waals surface area contributed by atoms with Gasteiger partial charge in [-0.1, -0.05) is 5.16 Å². The molecule has 1 atom stereocenters. The van der Waals surface area contributed by atoms with Crippen molar-refractivity contribution in [3.05, 3.63) is 29.8 Å². The predicted molar refractivity (Wildman–Crippen MR) is 76.2 cm³/mol. The van der Waals surface area contributed by atoms with Gasteiger partial charge in [0.1, 0.15) is 11.8 Å². The summed E-state index contributed by atoms with van der Waals surface area (Å²) in [6, 6.07) is 3.67. The van der Waals surface area contributed by atoms with Crippen molar-refractivity contribution in [1.29, 1.82) is 0 Å². The molecule has 3 N–H and O–H groups in total. The van der Waals surface area contributed by atoms with Crippen molar-refractivity contribution < 1.29 is 42.6 Å². The Bertz CT molecular complexity index is 658. The van der Waals surface area contributed by atoms with Gasteiger partial charge >= 0.3 is 18.1 Å². The summed E-state index contributed by atoms with van der Waals surface area (Å²) >= 11 is 0. The van der Waals surface area contributed by atoms with Gasteiger partial charge in [-0.15, -0.1) is 0 Å². The quantitative estimate of drug-likeness (QED) is 0.358. The van der Waals surface area contributed by atoms with Gasteiger partial charge in [0, 0.05) is 12.0 Å². The maximum absolute atomic E-state index is 12.1. The Morgan fingerprint density at radius 2 is 1.88 bits per heavy atom. The Morgan fingerprint density at radius 3 is 2.32 bits per heavy atom. The maximum Gasteiger partial charge on any atom is 0.471 e. The van der Waals surface area contributed by atoms with Gasteiger partial charge in [-0.25, -0.2) is 4.79 Å². The fourth-order valence-corrected chi connectivity index (χ4v) is 1.64. The molecule has 0 saturated heterocycles. The number of carboxylic acids is 1. The smallest absolute Gasteiger partial charge is 0.471 e. The number of carbonyl (C=O) groups excluding carboxylic acids is 2. The molecular formula is C14H12F3N2O6. The largest absolute Gasteiger partial charge is 0.494 e. The molecule has 0 fully saturated rings. The van der Waals surface area contributed by atoms with Crippen molar-refractivity contribution in [2.75, 3.05) is 6.61 Å². The lowest BCUT2D eigenvalue weighted by molar-refractivity contribution is -0.175. The predicted octanol–water partition coefficient (Wildman–Crippen LogP) is 0.875. The number of aliphatic carboxylic acids is 1. The van der Waals surface area contributed by atoms with E-state index in [0.29, 0.717) is 0 Å². The van der Waals surface area contributed by atoms with Gasteiger partial charge in [0.05, 0.1) is 6.61 Å². The zero-order chi connectivity index (χ0) is 19.0. The summed E-state index contributed by atoms with van der Waals surface area (Å²) in [6.07, 6.45) is -4.20. The van der Waals surface area contributed by atoms with Gasteiger partial charge in [0.15, 0.2) is 5.71 Å². The fraction of sp³-hybridized carbons (Fsp3) is 0.286. The van der Waals surface area contributed by atoms with Crippen LogP contribution in [0.5, 0.6) is 5.75 Å². The monoisotopic (exact) mass is 361 g/mol. The number of carbonyl (C=O) groups is 2. The summed E-state index contributed by atoms with van der Waals surface area (Å²) in [6.45, 7) is -0.296. The molecule has 8 nitrogen and oxygen atoms in total. The van der Waals surface area contributed by atoms with Gasteiger partial charge in [0.25, 0.3) is 6.29 Å². The molecule has 0 bridgehead atoms. The van der Waals surface area contributed by atoms with Gasteiger partial charge < -0.3 is 20.4 Å². The van der Waals surface area contributed by atoms with Crippen LogP contribution in [0.25, 0.3) is 0 Å². The van der Waals surface area contributed by atoms with Crippen LogP contribution in [0.3, 0.4) is 0 Å². The van der Waals surface area contributed by atoms with Crippen molar-refractivity contribution in [2.45, 2.75) is 18.6 Å². The number of alkyl halides is 3. The van der Waals surface area contributed by atoms with E-state index in [1.807, 2.05) is 0 Å². The third-order valence-electron chi connectivity index (χ3n) is 2.86. The minimum absolute atomic E-state index is 0.221. The summed E-state index contributed by atoms with van der Waals surface area (Å²) in [5.41, 5.74) is -0.0990. The van der Waals surface area contributed by atoms with E-state index in [1.54, 1.807) is 0 Å². The molecule has 0 spiro atoms. The van der Waals surface area contributed by atoms with E-state index in [2.05, 4.69) is 5.16 Å². The topological polar surface area (TPSA) is 125 Å². The highest BCUT2D eigenvalue weighted by Gasteiger charge is 2.40. The number of ether oxygens (including phenoxy) is 1. The Kier molecular flexibility index (Phi) is 6.91. The van der Waals surface area contributed by atoms with E-state index in [0.717, 1.165) is 0 Å². The number of carboxylic acid groups (broad SMARTS) is 1. The van der Waals surface area contributed by atoms with Gasteiger partial charge in [-0.05, 0) is 24.3 Å². The summed E-state index contributed by atoms with van der Waals surface area (Å²) < 4.78 is 41.6. The fourth-order valence-electron chi connectivity index (χ4n) is 1.64. The number of nitrogens with zero attached hydrogens (tertiary/aromatic N) is 1. The number of nitrogens with one attached hydrogen (secondary N) is 1. The minimum atomic E-state index is -5.19. The first-order valence-corrected chi connectivity index (χ1v) is 6.63. The number of rotatable bonds is 8. The second-order valence-corrected chi connectivity index (χ2v) is 4.57. The standard InChI is InChI=1S/C14H12F3N2O6/c15-14(16,17)13(23)18-10(12(21)22)5-6-25-9-3-1-8(2-4-9)11(7-20)19-24/h1-4,10,24H,5-6H2,(H,18,23)(H,21,22). The third-order valence-corrected chi connectivity index (χ3v) is 2.86. The lowest BCUT2D eigenvalue weighted by Gasteiger charge is -2.16. The molecule has 0 aliphatic rings. The molecule has 1 aromatic rings. The van der Waals surface area contributed by atoms with Crippen LogP contribution in [0, 0.1) is 0 Å². The lowest BCUT2D eigenvalue weighted by Crippen LogP contribution is -2.47. The number of amides is 1. The summed E-state index contributed by atoms with van der Waals surface area (Å²) in [4.78, 5) is 32.1. The molecule has 1 amide bonds. The molecule has 0 saturated carbocycles. The molecule has 25 heavy (non-hydrogen) atoms. The van der Waals surface area contributed by atoms with E-state index in [-0.39, 0.29) is 23.6 Å². The summed E-state index contributed by atoms with van der Waals surface area (Å²) in [5, 5.41) is 21.4. The van der Waals surface area contributed by atoms with E-state index in [4.69, 9.17) is 15.1 Å². The van der Waals surface area contributed by atoms with Crippen molar-refractivity contribution in [2.24, 2.45) is 5.16 Å². The maximum atomic E-state index is 12.1. The second kappa shape index (κ2) is 8.66. The molecule has 0 aliphatic heterocycles.